The van der Waals surface area contributed by atoms with Crippen molar-refractivity contribution in [2.24, 2.45) is 5.92 Å². The molecule has 0 heterocycles. The number of nitro benzene ring substituents is 1. The molecule has 1 aromatic carbocycles. The first-order valence-electron chi connectivity index (χ1n) is 7.54. The number of nitro groups is 1. The van der Waals surface area contributed by atoms with E-state index in [9.17, 15) is 23.3 Å². The zero-order chi connectivity index (χ0) is 18.5. The summed E-state index contributed by atoms with van der Waals surface area (Å²) in [4.78, 5) is 22.1. The molecule has 0 saturated carbocycles. The van der Waals surface area contributed by atoms with E-state index in [0.29, 0.717) is 6.42 Å². The molecule has 2 atom stereocenters. The average molecular weight is 358 g/mol. The van der Waals surface area contributed by atoms with E-state index in [1.165, 1.54) is 19.2 Å². The summed E-state index contributed by atoms with van der Waals surface area (Å²) < 4.78 is 31.6. The maximum absolute atomic E-state index is 12.9. The van der Waals surface area contributed by atoms with Crippen molar-refractivity contribution in [1.29, 1.82) is 0 Å². The normalized spacial score (nSPS) is 14.2. The average Bonchev–Trinajstić information content (AvgIpc) is 2.57. The van der Waals surface area contributed by atoms with Crippen LogP contribution in [0.25, 0.3) is 0 Å². The molecule has 8 nitrogen and oxygen atoms in total. The second-order valence-electron chi connectivity index (χ2n) is 5.31. The molecule has 134 valence electrons. The van der Waals surface area contributed by atoms with Crippen molar-refractivity contribution < 1.29 is 22.9 Å². The van der Waals surface area contributed by atoms with Gasteiger partial charge in [-0.2, -0.15) is 4.31 Å². The minimum absolute atomic E-state index is 0.0728. The van der Waals surface area contributed by atoms with Crippen LogP contribution in [0.2, 0.25) is 0 Å². The molecule has 0 amide bonds. The molecule has 0 saturated heterocycles. The highest BCUT2D eigenvalue weighted by molar-refractivity contribution is 7.89. The van der Waals surface area contributed by atoms with Gasteiger partial charge < -0.3 is 4.74 Å². The molecule has 0 N–H and O–H groups in total. The molecule has 1 rings (SSSR count). The third-order valence-corrected chi connectivity index (χ3v) is 5.87. The van der Waals surface area contributed by atoms with Crippen molar-refractivity contribution in [3.05, 3.63) is 34.4 Å². The second kappa shape index (κ2) is 8.20. The lowest BCUT2D eigenvalue weighted by Gasteiger charge is -2.31. The third kappa shape index (κ3) is 4.09. The molecule has 0 aromatic heterocycles. The van der Waals surface area contributed by atoms with Crippen molar-refractivity contribution in [3.8, 4) is 0 Å². The van der Waals surface area contributed by atoms with Gasteiger partial charge in [-0.05, 0) is 18.1 Å². The Hall–Kier alpha value is -2.00. The fourth-order valence-electron chi connectivity index (χ4n) is 2.37. The summed E-state index contributed by atoms with van der Waals surface area (Å²) in [5, 5.41) is 10.7. The highest BCUT2D eigenvalue weighted by Crippen LogP contribution is 2.25. The SMILES string of the molecule is CC[C@H](C)[C@@H](C(=O)OC)N(CC)S(=O)(=O)c1ccc([N+](=O)[O-])cc1. The number of rotatable bonds is 8. The Bertz CT molecular complexity index is 686. The summed E-state index contributed by atoms with van der Waals surface area (Å²) in [6.45, 7) is 5.33. The summed E-state index contributed by atoms with van der Waals surface area (Å²) >= 11 is 0. The molecule has 0 unspecified atom stereocenters. The van der Waals surface area contributed by atoms with Crippen molar-refractivity contribution in [2.75, 3.05) is 13.7 Å². The highest BCUT2D eigenvalue weighted by atomic mass is 32.2. The van der Waals surface area contributed by atoms with Crippen molar-refractivity contribution in [1.82, 2.24) is 4.31 Å². The Kier molecular flexibility index (Phi) is 6.85. The van der Waals surface area contributed by atoms with Crippen molar-refractivity contribution in [3.63, 3.8) is 0 Å². The maximum atomic E-state index is 12.9. The topological polar surface area (TPSA) is 107 Å². The number of sulfonamides is 1. The minimum atomic E-state index is -3.99. The molecule has 0 aliphatic heterocycles. The van der Waals surface area contributed by atoms with Crippen LogP contribution in [0, 0.1) is 16.0 Å². The summed E-state index contributed by atoms with van der Waals surface area (Å²) in [6.07, 6.45) is 0.589. The first kappa shape index (κ1) is 20.0. The van der Waals surface area contributed by atoms with Crippen molar-refractivity contribution in [2.45, 2.75) is 38.1 Å². The second-order valence-corrected chi connectivity index (χ2v) is 7.20. The van der Waals surface area contributed by atoms with Crippen LogP contribution in [0.1, 0.15) is 27.2 Å². The molecule has 0 radical (unpaired) electrons. The van der Waals surface area contributed by atoms with E-state index in [4.69, 9.17) is 4.74 Å². The van der Waals surface area contributed by atoms with Gasteiger partial charge in [0, 0.05) is 18.7 Å². The Morgan fingerprint density at radius 2 is 1.83 bits per heavy atom. The number of ether oxygens (including phenoxy) is 1. The van der Waals surface area contributed by atoms with Crippen LogP contribution >= 0.6 is 0 Å². The number of esters is 1. The highest BCUT2D eigenvalue weighted by Gasteiger charge is 2.38. The Balaban J connectivity index is 3.33. The maximum Gasteiger partial charge on any atom is 0.324 e. The fourth-order valence-corrected chi connectivity index (χ4v) is 4.05. The van der Waals surface area contributed by atoms with Gasteiger partial charge in [0.25, 0.3) is 5.69 Å². The van der Waals surface area contributed by atoms with Crippen LogP contribution < -0.4 is 0 Å². The van der Waals surface area contributed by atoms with Crippen LogP contribution in [0.4, 0.5) is 5.69 Å². The zero-order valence-electron chi connectivity index (χ0n) is 14.1. The predicted octanol–water partition coefficient (Wildman–Crippen LogP) is 2.19. The van der Waals surface area contributed by atoms with Gasteiger partial charge in [-0.15, -0.1) is 0 Å². The number of hydrogen-bond donors (Lipinski definition) is 0. The lowest BCUT2D eigenvalue weighted by molar-refractivity contribution is -0.384. The Morgan fingerprint density at radius 3 is 2.21 bits per heavy atom. The van der Waals surface area contributed by atoms with E-state index < -0.39 is 27.0 Å². The molecule has 24 heavy (non-hydrogen) atoms. The van der Waals surface area contributed by atoms with E-state index >= 15 is 0 Å². The first-order valence-corrected chi connectivity index (χ1v) is 8.98. The Labute approximate surface area is 141 Å². The van der Waals surface area contributed by atoms with E-state index in [1.807, 2.05) is 6.92 Å². The number of likely N-dealkylation sites (N-methyl/N-ethyl adjacent to an activating group) is 1. The molecule has 0 aliphatic carbocycles. The zero-order valence-corrected chi connectivity index (χ0v) is 14.9. The standard InChI is InChI=1S/C15H22N2O6S/c1-5-11(3)14(15(18)23-4)16(6-2)24(21,22)13-9-7-12(8-10-13)17(19)20/h7-11,14H,5-6H2,1-4H3/t11-,14-/m0/s1. The van der Waals surface area contributed by atoms with Crippen LogP contribution in [0.15, 0.2) is 29.2 Å². The molecule has 0 spiro atoms. The fraction of sp³-hybridized carbons (Fsp3) is 0.533. The van der Waals surface area contributed by atoms with E-state index in [0.717, 1.165) is 16.4 Å². The molecule has 0 bridgehead atoms. The monoisotopic (exact) mass is 358 g/mol. The van der Waals surface area contributed by atoms with Gasteiger partial charge >= 0.3 is 5.97 Å². The largest absolute Gasteiger partial charge is 0.468 e. The van der Waals surface area contributed by atoms with Crippen LogP contribution in [-0.2, 0) is 19.6 Å². The van der Waals surface area contributed by atoms with E-state index in [1.54, 1.807) is 13.8 Å². The quantitative estimate of drug-likeness (QED) is 0.400. The smallest absolute Gasteiger partial charge is 0.324 e. The number of hydrogen-bond acceptors (Lipinski definition) is 6. The molecule has 1 aromatic rings. The summed E-state index contributed by atoms with van der Waals surface area (Å²) in [6, 6.07) is 3.63. The van der Waals surface area contributed by atoms with Crippen LogP contribution in [0.3, 0.4) is 0 Å². The molecular weight excluding hydrogens is 336 g/mol. The number of benzene rings is 1. The predicted molar refractivity (Wildman–Crippen MR) is 87.9 cm³/mol. The van der Waals surface area contributed by atoms with Crippen molar-refractivity contribution >= 4 is 21.7 Å². The van der Waals surface area contributed by atoms with Gasteiger partial charge in [0.05, 0.1) is 16.9 Å². The van der Waals surface area contributed by atoms with Gasteiger partial charge in [-0.25, -0.2) is 8.42 Å². The number of carbonyl (C=O) groups is 1. The lowest BCUT2D eigenvalue weighted by atomic mass is 9.99. The lowest BCUT2D eigenvalue weighted by Crippen LogP contribution is -2.48. The summed E-state index contributed by atoms with van der Waals surface area (Å²) in [5.41, 5.74) is -0.205. The number of carbonyl (C=O) groups excluding carboxylic acids is 1. The number of non-ortho nitro benzene ring substituents is 1. The van der Waals surface area contributed by atoms with Gasteiger partial charge in [0.1, 0.15) is 6.04 Å². The summed E-state index contributed by atoms with van der Waals surface area (Å²) in [7, 11) is -2.78. The Morgan fingerprint density at radius 1 is 1.29 bits per heavy atom. The van der Waals surface area contributed by atoms with E-state index in [-0.39, 0.29) is 23.0 Å². The molecule has 9 heteroatoms. The van der Waals surface area contributed by atoms with Gasteiger partial charge in [-0.1, -0.05) is 27.2 Å². The van der Waals surface area contributed by atoms with Gasteiger partial charge in [-0.3, -0.25) is 14.9 Å². The molecule has 0 fully saturated rings. The van der Waals surface area contributed by atoms with Gasteiger partial charge in [0.2, 0.25) is 10.0 Å². The number of nitrogens with zero attached hydrogens (tertiary/aromatic N) is 2. The van der Waals surface area contributed by atoms with Crippen LogP contribution in [0.5, 0.6) is 0 Å². The van der Waals surface area contributed by atoms with Gasteiger partial charge in [0.15, 0.2) is 0 Å². The molecule has 0 aliphatic rings. The van der Waals surface area contributed by atoms with Crippen LogP contribution in [-0.4, -0.2) is 43.3 Å². The number of methoxy groups -OCH3 is 1. The molecular formula is C15H22N2O6S. The third-order valence-electron chi connectivity index (χ3n) is 3.90. The first-order chi connectivity index (χ1) is 11.2. The summed E-state index contributed by atoms with van der Waals surface area (Å²) in [5.74, 6) is -0.873. The van der Waals surface area contributed by atoms with E-state index in [2.05, 4.69) is 0 Å². The minimum Gasteiger partial charge on any atom is -0.468 e.